The van der Waals surface area contributed by atoms with Crippen LogP contribution in [0.5, 0.6) is 0 Å². The first kappa shape index (κ1) is 13.3. The van der Waals surface area contributed by atoms with Gasteiger partial charge >= 0.3 is 0 Å². The number of thiocarbonyl (C=S) groups is 1. The van der Waals surface area contributed by atoms with Crippen molar-refractivity contribution in [3.05, 3.63) is 30.1 Å². The molecule has 1 N–H and O–H groups in total. The summed E-state index contributed by atoms with van der Waals surface area (Å²) in [6.07, 6.45) is 4.68. The number of nitrogens with zero attached hydrogens (tertiary/aromatic N) is 1. The molecular formula is C14H19FN2S. The molecule has 18 heavy (non-hydrogen) atoms. The molecule has 0 unspecified atom stereocenters. The number of anilines is 1. The maximum atomic E-state index is 13.6. The summed E-state index contributed by atoms with van der Waals surface area (Å²) < 4.78 is 13.6. The molecule has 0 radical (unpaired) electrons. The molecule has 0 bridgehead atoms. The van der Waals surface area contributed by atoms with Crippen molar-refractivity contribution in [2.75, 3.05) is 11.9 Å². The minimum atomic E-state index is -0.259. The fourth-order valence-corrected chi connectivity index (χ4v) is 2.79. The molecule has 1 aliphatic rings. The van der Waals surface area contributed by atoms with Gasteiger partial charge in [0.15, 0.2) is 5.11 Å². The van der Waals surface area contributed by atoms with E-state index >= 15 is 0 Å². The molecule has 1 aliphatic heterocycles. The molecule has 0 saturated carbocycles. The van der Waals surface area contributed by atoms with E-state index in [0.717, 1.165) is 19.4 Å². The van der Waals surface area contributed by atoms with Crippen LogP contribution in [-0.2, 0) is 0 Å². The molecule has 1 aromatic rings. The normalized spacial score (nSPS) is 19.7. The summed E-state index contributed by atoms with van der Waals surface area (Å²) in [7, 11) is 0. The van der Waals surface area contributed by atoms with Gasteiger partial charge in [-0.1, -0.05) is 19.1 Å². The smallest absolute Gasteiger partial charge is 0.173 e. The quantitative estimate of drug-likeness (QED) is 0.820. The summed E-state index contributed by atoms with van der Waals surface area (Å²) in [5, 5.41) is 3.67. The Morgan fingerprint density at radius 1 is 1.44 bits per heavy atom. The van der Waals surface area contributed by atoms with Gasteiger partial charge in [0, 0.05) is 12.6 Å². The lowest BCUT2D eigenvalue weighted by Crippen LogP contribution is -2.45. The van der Waals surface area contributed by atoms with E-state index in [1.54, 1.807) is 12.1 Å². The minimum Gasteiger partial charge on any atom is -0.346 e. The maximum absolute atomic E-state index is 13.6. The van der Waals surface area contributed by atoms with Crippen molar-refractivity contribution in [1.29, 1.82) is 0 Å². The first-order valence-corrected chi connectivity index (χ1v) is 6.95. The topological polar surface area (TPSA) is 15.3 Å². The van der Waals surface area contributed by atoms with Gasteiger partial charge in [-0.2, -0.15) is 0 Å². The molecule has 1 atom stereocenters. The molecule has 0 amide bonds. The van der Waals surface area contributed by atoms with Gasteiger partial charge in [0.05, 0.1) is 5.69 Å². The summed E-state index contributed by atoms with van der Waals surface area (Å²) in [5.41, 5.74) is 0.461. The Balaban J connectivity index is 2.05. The lowest BCUT2D eigenvalue weighted by Gasteiger charge is -2.37. The van der Waals surface area contributed by atoms with Crippen LogP contribution in [0.3, 0.4) is 0 Å². The minimum absolute atomic E-state index is 0.259. The molecule has 98 valence electrons. The van der Waals surface area contributed by atoms with Crippen LogP contribution in [-0.4, -0.2) is 22.6 Å². The predicted octanol–water partition coefficient (Wildman–Crippen LogP) is 3.79. The van der Waals surface area contributed by atoms with E-state index in [1.807, 2.05) is 6.07 Å². The van der Waals surface area contributed by atoms with Crippen LogP contribution >= 0.6 is 12.2 Å². The Bertz CT molecular complexity index is 422. The van der Waals surface area contributed by atoms with E-state index < -0.39 is 0 Å². The molecule has 2 rings (SSSR count). The Hall–Kier alpha value is -1.16. The fourth-order valence-electron chi connectivity index (χ4n) is 2.44. The maximum Gasteiger partial charge on any atom is 0.173 e. The van der Waals surface area contributed by atoms with Crippen LogP contribution in [0.2, 0.25) is 0 Å². The highest BCUT2D eigenvalue weighted by Crippen LogP contribution is 2.21. The molecule has 0 aliphatic carbocycles. The number of para-hydroxylation sites is 1. The Morgan fingerprint density at radius 3 is 2.94 bits per heavy atom. The van der Waals surface area contributed by atoms with Crippen molar-refractivity contribution in [1.82, 2.24) is 4.90 Å². The van der Waals surface area contributed by atoms with Crippen molar-refractivity contribution >= 4 is 23.0 Å². The van der Waals surface area contributed by atoms with Crippen molar-refractivity contribution in [3.63, 3.8) is 0 Å². The summed E-state index contributed by atoms with van der Waals surface area (Å²) in [4.78, 5) is 2.20. The monoisotopic (exact) mass is 266 g/mol. The number of rotatable bonds is 2. The Kier molecular flexibility index (Phi) is 4.53. The van der Waals surface area contributed by atoms with Gasteiger partial charge in [0.2, 0.25) is 0 Å². The molecule has 1 heterocycles. The average Bonchev–Trinajstić information content (AvgIpc) is 2.41. The summed E-state index contributed by atoms with van der Waals surface area (Å²) in [6.45, 7) is 3.15. The average molecular weight is 266 g/mol. The van der Waals surface area contributed by atoms with Gasteiger partial charge in [-0.05, 0) is 50.0 Å². The van der Waals surface area contributed by atoms with Crippen molar-refractivity contribution in [2.45, 2.75) is 38.6 Å². The van der Waals surface area contributed by atoms with Crippen molar-refractivity contribution in [3.8, 4) is 0 Å². The number of hydrogen-bond acceptors (Lipinski definition) is 1. The zero-order valence-electron chi connectivity index (χ0n) is 10.7. The number of benzene rings is 1. The van der Waals surface area contributed by atoms with Gasteiger partial charge in [0.1, 0.15) is 5.82 Å². The van der Waals surface area contributed by atoms with E-state index in [2.05, 4.69) is 17.1 Å². The second kappa shape index (κ2) is 6.14. The number of hydrogen-bond donors (Lipinski definition) is 1. The summed E-state index contributed by atoms with van der Waals surface area (Å²) in [5.74, 6) is -0.259. The highest BCUT2D eigenvalue weighted by Gasteiger charge is 2.23. The fraction of sp³-hybridized carbons (Fsp3) is 0.500. The van der Waals surface area contributed by atoms with E-state index in [1.165, 1.54) is 18.9 Å². The highest BCUT2D eigenvalue weighted by atomic mass is 32.1. The third kappa shape index (κ3) is 2.99. The van der Waals surface area contributed by atoms with Crippen molar-refractivity contribution in [2.24, 2.45) is 0 Å². The van der Waals surface area contributed by atoms with Crippen LogP contribution in [0.1, 0.15) is 32.6 Å². The first-order chi connectivity index (χ1) is 8.72. The van der Waals surface area contributed by atoms with E-state index in [0.29, 0.717) is 16.8 Å². The van der Waals surface area contributed by atoms with Gasteiger partial charge in [0.25, 0.3) is 0 Å². The van der Waals surface area contributed by atoms with Crippen molar-refractivity contribution < 1.29 is 4.39 Å². The standard InChI is InChI=1S/C14H19FN2S/c1-2-11-7-5-6-10-17(11)14(18)16-13-9-4-3-8-12(13)15/h3-4,8-9,11H,2,5-7,10H2,1H3,(H,16,18)/t11-/m0/s1. The second-order valence-corrected chi connectivity index (χ2v) is 5.05. The van der Waals surface area contributed by atoms with Crippen LogP contribution in [0.4, 0.5) is 10.1 Å². The molecular weight excluding hydrogens is 247 g/mol. The van der Waals surface area contributed by atoms with Gasteiger partial charge in [-0.25, -0.2) is 4.39 Å². The third-order valence-electron chi connectivity index (χ3n) is 3.47. The molecule has 4 heteroatoms. The number of nitrogens with one attached hydrogen (secondary N) is 1. The van der Waals surface area contributed by atoms with Crippen LogP contribution in [0.15, 0.2) is 24.3 Å². The molecule has 2 nitrogen and oxygen atoms in total. The molecule has 1 saturated heterocycles. The lowest BCUT2D eigenvalue weighted by molar-refractivity contribution is 0.239. The van der Waals surface area contributed by atoms with Crippen LogP contribution in [0.25, 0.3) is 0 Å². The molecule has 0 spiro atoms. The molecule has 0 aromatic heterocycles. The first-order valence-electron chi connectivity index (χ1n) is 6.54. The third-order valence-corrected chi connectivity index (χ3v) is 3.81. The summed E-state index contributed by atoms with van der Waals surface area (Å²) >= 11 is 5.41. The van der Waals surface area contributed by atoms with E-state index in [4.69, 9.17) is 12.2 Å². The highest BCUT2D eigenvalue weighted by molar-refractivity contribution is 7.80. The van der Waals surface area contributed by atoms with Crippen LogP contribution < -0.4 is 5.32 Å². The zero-order valence-corrected chi connectivity index (χ0v) is 11.5. The number of halogens is 1. The SMILES string of the molecule is CC[C@H]1CCCCN1C(=S)Nc1ccccc1F. The second-order valence-electron chi connectivity index (χ2n) is 4.66. The zero-order chi connectivity index (χ0) is 13.0. The van der Waals surface area contributed by atoms with E-state index in [9.17, 15) is 4.39 Å². The molecule has 1 fully saturated rings. The number of likely N-dealkylation sites (tertiary alicyclic amines) is 1. The van der Waals surface area contributed by atoms with E-state index in [-0.39, 0.29) is 5.82 Å². The van der Waals surface area contributed by atoms with Gasteiger partial charge in [-0.15, -0.1) is 0 Å². The Morgan fingerprint density at radius 2 is 2.22 bits per heavy atom. The summed E-state index contributed by atoms with van der Waals surface area (Å²) in [6, 6.07) is 7.14. The van der Waals surface area contributed by atoms with Crippen LogP contribution in [0, 0.1) is 5.82 Å². The molecule has 1 aromatic carbocycles. The lowest BCUT2D eigenvalue weighted by atomic mass is 10.0. The Labute approximate surface area is 113 Å². The number of piperidine rings is 1. The largest absolute Gasteiger partial charge is 0.346 e. The predicted molar refractivity (Wildman–Crippen MR) is 77.3 cm³/mol. The van der Waals surface area contributed by atoms with Gasteiger partial charge in [-0.3, -0.25) is 0 Å². The van der Waals surface area contributed by atoms with Gasteiger partial charge < -0.3 is 10.2 Å².